The van der Waals surface area contributed by atoms with Gasteiger partial charge in [0.15, 0.2) is 0 Å². The van der Waals surface area contributed by atoms with E-state index >= 15 is 0 Å². The number of sulfonamides is 1. The van der Waals surface area contributed by atoms with Crippen LogP contribution in [-0.2, 0) is 26.0 Å². The molecule has 8 heteroatoms. The normalized spacial score (nSPS) is 15.9. The van der Waals surface area contributed by atoms with Gasteiger partial charge in [-0.05, 0) is 48.7 Å². The van der Waals surface area contributed by atoms with Crippen molar-refractivity contribution in [2.24, 2.45) is 0 Å². The first kappa shape index (κ1) is 19.1. The zero-order valence-corrected chi connectivity index (χ0v) is 15.9. The number of anilines is 2. The molecule has 0 saturated carbocycles. The second-order valence-electron chi connectivity index (χ2n) is 6.34. The topological polar surface area (TPSA) is 104 Å². The maximum atomic E-state index is 12.5. The highest BCUT2D eigenvalue weighted by Crippen LogP contribution is 2.33. The molecule has 2 amide bonds. The van der Waals surface area contributed by atoms with Gasteiger partial charge in [-0.1, -0.05) is 25.1 Å². The van der Waals surface area contributed by atoms with Crippen LogP contribution >= 0.6 is 0 Å². The highest BCUT2D eigenvalue weighted by Gasteiger charge is 2.28. The average Bonchev–Trinajstić information content (AvgIpc) is 2.94. The average molecular weight is 387 g/mol. The Morgan fingerprint density at radius 3 is 2.67 bits per heavy atom. The van der Waals surface area contributed by atoms with Crippen LogP contribution in [0.15, 0.2) is 47.4 Å². The molecule has 1 atom stereocenters. The van der Waals surface area contributed by atoms with E-state index in [-0.39, 0.29) is 17.3 Å². The molecule has 3 rings (SSSR count). The van der Waals surface area contributed by atoms with Crippen LogP contribution in [0.25, 0.3) is 0 Å². The Kier molecular flexibility index (Phi) is 5.29. The molecule has 1 aliphatic rings. The second kappa shape index (κ2) is 7.50. The Bertz CT molecular complexity index is 1000. The van der Waals surface area contributed by atoms with Crippen LogP contribution in [0.4, 0.5) is 11.4 Å². The Morgan fingerprint density at radius 1 is 1.19 bits per heavy atom. The fraction of sp³-hybridized carbons (Fsp3) is 0.263. The summed E-state index contributed by atoms with van der Waals surface area (Å²) in [5.74, 6) is -1.03. The summed E-state index contributed by atoms with van der Waals surface area (Å²) in [5.41, 5.74) is 2.88. The van der Waals surface area contributed by atoms with Crippen LogP contribution in [0.2, 0.25) is 0 Å². The largest absolute Gasteiger partial charge is 0.325 e. The number of para-hydroxylation sites is 1. The van der Waals surface area contributed by atoms with Crippen molar-refractivity contribution >= 4 is 33.2 Å². The molecule has 0 unspecified atom stereocenters. The minimum absolute atomic E-state index is 0.0198. The molecule has 27 heavy (non-hydrogen) atoms. The van der Waals surface area contributed by atoms with Crippen LogP contribution < -0.4 is 15.4 Å². The molecule has 0 radical (unpaired) electrons. The van der Waals surface area contributed by atoms with Gasteiger partial charge in [-0.25, -0.2) is 13.1 Å². The fourth-order valence-electron chi connectivity index (χ4n) is 2.95. The standard InChI is InChI=1S/C19H21N3O4S/c1-3-13-6-4-5-7-16(13)21-18(23)11-20-27(25,26)14-8-9-17-15(10-14)12(2)19(24)22-17/h4-10,12,20H,3,11H2,1-2H3,(H,21,23)(H,22,24)/t12-/m1/s1. The number of hydrogen-bond acceptors (Lipinski definition) is 4. The SMILES string of the molecule is CCc1ccccc1NC(=O)CNS(=O)(=O)c1ccc2c(c1)[C@@H](C)C(=O)N2. The molecule has 1 heterocycles. The Balaban J connectivity index is 1.69. The maximum absolute atomic E-state index is 12.5. The number of rotatable bonds is 6. The van der Waals surface area contributed by atoms with Crippen molar-refractivity contribution in [1.82, 2.24) is 4.72 Å². The summed E-state index contributed by atoms with van der Waals surface area (Å²) in [6.45, 7) is 3.30. The molecular formula is C19H21N3O4S. The van der Waals surface area contributed by atoms with Crippen LogP contribution in [0.5, 0.6) is 0 Å². The smallest absolute Gasteiger partial charge is 0.241 e. The molecule has 2 aromatic rings. The van der Waals surface area contributed by atoms with Crippen molar-refractivity contribution in [2.75, 3.05) is 17.2 Å². The van der Waals surface area contributed by atoms with Gasteiger partial charge in [0.2, 0.25) is 21.8 Å². The van der Waals surface area contributed by atoms with E-state index in [4.69, 9.17) is 0 Å². The molecule has 3 N–H and O–H groups in total. The minimum atomic E-state index is -3.88. The van der Waals surface area contributed by atoms with E-state index < -0.39 is 21.8 Å². The fourth-order valence-corrected chi connectivity index (χ4v) is 3.97. The summed E-state index contributed by atoms with van der Waals surface area (Å²) in [6.07, 6.45) is 0.752. The van der Waals surface area contributed by atoms with Crippen molar-refractivity contribution in [1.29, 1.82) is 0 Å². The molecule has 0 aromatic heterocycles. The number of carbonyl (C=O) groups excluding carboxylic acids is 2. The molecule has 0 spiro atoms. The van der Waals surface area contributed by atoms with Gasteiger partial charge in [-0.3, -0.25) is 9.59 Å². The van der Waals surface area contributed by atoms with Gasteiger partial charge in [-0.2, -0.15) is 0 Å². The van der Waals surface area contributed by atoms with Gasteiger partial charge in [0, 0.05) is 11.4 Å². The zero-order valence-electron chi connectivity index (χ0n) is 15.1. The second-order valence-corrected chi connectivity index (χ2v) is 8.11. The summed E-state index contributed by atoms with van der Waals surface area (Å²) in [4.78, 5) is 23.9. The van der Waals surface area contributed by atoms with E-state index in [1.807, 2.05) is 19.1 Å². The molecule has 142 valence electrons. The first-order valence-electron chi connectivity index (χ1n) is 8.64. The Labute approximate surface area is 158 Å². The van der Waals surface area contributed by atoms with Crippen LogP contribution in [-0.4, -0.2) is 26.8 Å². The number of benzene rings is 2. The highest BCUT2D eigenvalue weighted by molar-refractivity contribution is 7.89. The van der Waals surface area contributed by atoms with Crippen molar-refractivity contribution < 1.29 is 18.0 Å². The van der Waals surface area contributed by atoms with Crippen molar-refractivity contribution in [2.45, 2.75) is 31.1 Å². The van der Waals surface area contributed by atoms with Gasteiger partial charge < -0.3 is 10.6 Å². The molecule has 0 bridgehead atoms. The van der Waals surface area contributed by atoms with Gasteiger partial charge in [0.25, 0.3) is 0 Å². The summed E-state index contributed by atoms with van der Waals surface area (Å²) in [7, 11) is -3.88. The minimum Gasteiger partial charge on any atom is -0.325 e. The molecule has 0 saturated heterocycles. The number of aryl methyl sites for hydroxylation is 1. The summed E-state index contributed by atoms with van der Waals surface area (Å²) < 4.78 is 27.3. The number of carbonyl (C=O) groups is 2. The number of hydrogen-bond donors (Lipinski definition) is 3. The molecule has 7 nitrogen and oxygen atoms in total. The first-order valence-corrected chi connectivity index (χ1v) is 10.1. The van der Waals surface area contributed by atoms with E-state index in [9.17, 15) is 18.0 Å². The van der Waals surface area contributed by atoms with E-state index in [2.05, 4.69) is 15.4 Å². The predicted molar refractivity (Wildman–Crippen MR) is 103 cm³/mol. The predicted octanol–water partition coefficient (Wildman–Crippen LogP) is 2.22. The molecular weight excluding hydrogens is 366 g/mol. The van der Waals surface area contributed by atoms with Crippen LogP contribution in [0.3, 0.4) is 0 Å². The first-order chi connectivity index (χ1) is 12.8. The summed E-state index contributed by atoms with van der Waals surface area (Å²) in [6, 6.07) is 11.8. The third-order valence-electron chi connectivity index (χ3n) is 4.55. The van der Waals surface area contributed by atoms with Crippen LogP contribution in [0, 0.1) is 0 Å². The quantitative estimate of drug-likeness (QED) is 0.707. The van der Waals surface area contributed by atoms with Crippen molar-refractivity contribution in [3.05, 3.63) is 53.6 Å². The van der Waals surface area contributed by atoms with E-state index in [1.165, 1.54) is 12.1 Å². The number of fused-ring (bicyclic) bond motifs is 1. The molecule has 0 fully saturated rings. The van der Waals surface area contributed by atoms with Gasteiger partial charge >= 0.3 is 0 Å². The Hall–Kier alpha value is -2.71. The Morgan fingerprint density at radius 2 is 1.93 bits per heavy atom. The monoisotopic (exact) mass is 387 g/mol. The maximum Gasteiger partial charge on any atom is 0.241 e. The van der Waals surface area contributed by atoms with E-state index in [0.717, 1.165) is 12.0 Å². The lowest BCUT2D eigenvalue weighted by atomic mass is 10.0. The molecule has 1 aliphatic heterocycles. The van der Waals surface area contributed by atoms with Crippen molar-refractivity contribution in [3.63, 3.8) is 0 Å². The molecule has 0 aliphatic carbocycles. The lowest BCUT2D eigenvalue weighted by Gasteiger charge is -2.11. The van der Waals surface area contributed by atoms with E-state index in [0.29, 0.717) is 16.9 Å². The third-order valence-corrected chi connectivity index (χ3v) is 5.95. The number of amides is 2. The summed E-state index contributed by atoms with van der Waals surface area (Å²) in [5, 5.41) is 5.42. The van der Waals surface area contributed by atoms with Gasteiger partial charge in [-0.15, -0.1) is 0 Å². The summed E-state index contributed by atoms with van der Waals surface area (Å²) >= 11 is 0. The lowest BCUT2D eigenvalue weighted by molar-refractivity contribution is -0.117. The van der Waals surface area contributed by atoms with Gasteiger partial charge in [0.05, 0.1) is 17.4 Å². The van der Waals surface area contributed by atoms with Gasteiger partial charge in [0.1, 0.15) is 0 Å². The van der Waals surface area contributed by atoms with Crippen LogP contribution in [0.1, 0.15) is 30.9 Å². The van der Waals surface area contributed by atoms with Crippen molar-refractivity contribution in [3.8, 4) is 0 Å². The zero-order chi connectivity index (χ0) is 19.6. The third kappa shape index (κ3) is 4.01. The number of nitrogens with one attached hydrogen (secondary N) is 3. The lowest BCUT2D eigenvalue weighted by Crippen LogP contribution is -2.33. The molecule has 2 aromatic carbocycles. The highest BCUT2D eigenvalue weighted by atomic mass is 32.2. The van der Waals surface area contributed by atoms with E-state index in [1.54, 1.807) is 25.1 Å².